The predicted molar refractivity (Wildman–Crippen MR) is 89.9 cm³/mol. The molecule has 1 heterocycles. The summed E-state index contributed by atoms with van der Waals surface area (Å²) in [7, 11) is 1.63. The molecule has 0 spiro atoms. The van der Waals surface area contributed by atoms with E-state index in [9.17, 15) is 0 Å². The maximum Gasteiger partial charge on any atom is 0.143 e. The predicted octanol–water partition coefficient (Wildman–Crippen LogP) is 5.19. The smallest absolute Gasteiger partial charge is 0.143 e. The van der Waals surface area contributed by atoms with Gasteiger partial charge in [-0.1, -0.05) is 27.5 Å². The first-order chi connectivity index (χ1) is 10.1. The number of rotatable bonds is 3. The van der Waals surface area contributed by atoms with Gasteiger partial charge >= 0.3 is 0 Å². The van der Waals surface area contributed by atoms with Crippen LogP contribution < -0.4 is 4.74 Å². The highest BCUT2D eigenvalue weighted by Gasteiger charge is 2.15. The van der Waals surface area contributed by atoms with Gasteiger partial charge in [0.25, 0.3) is 0 Å². The highest BCUT2D eigenvalue weighted by molar-refractivity contribution is 9.10. The van der Waals surface area contributed by atoms with Gasteiger partial charge in [-0.25, -0.2) is 4.98 Å². The van der Waals surface area contributed by atoms with Crippen molar-refractivity contribution in [3.8, 4) is 11.4 Å². The van der Waals surface area contributed by atoms with Crippen molar-refractivity contribution in [1.82, 2.24) is 9.55 Å². The highest BCUT2D eigenvalue weighted by Crippen LogP contribution is 2.32. The number of hydrogen-bond donors (Lipinski definition) is 0. The average Bonchev–Trinajstić information content (AvgIpc) is 2.84. The van der Waals surface area contributed by atoms with Gasteiger partial charge in [-0.05, 0) is 36.4 Å². The van der Waals surface area contributed by atoms with E-state index in [1.807, 2.05) is 34.9 Å². The number of benzene rings is 2. The van der Waals surface area contributed by atoms with Crippen molar-refractivity contribution >= 4 is 50.2 Å². The molecule has 0 aliphatic heterocycles. The molecule has 0 saturated carbocycles. The number of fused-ring (bicyclic) bond motifs is 1. The third-order valence-electron chi connectivity index (χ3n) is 3.19. The number of aromatic nitrogens is 2. The van der Waals surface area contributed by atoms with Gasteiger partial charge in [0.1, 0.15) is 11.6 Å². The summed E-state index contributed by atoms with van der Waals surface area (Å²) in [6.45, 7) is 0. The summed E-state index contributed by atoms with van der Waals surface area (Å²) < 4.78 is 8.38. The van der Waals surface area contributed by atoms with Crippen molar-refractivity contribution < 1.29 is 4.74 Å². The van der Waals surface area contributed by atoms with Crippen LogP contribution in [-0.2, 0) is 5.88 Å². The number of hydrogen-bond acceptors (Lipinski definition) is 2. The normalized spacial score (nSPS) is 11.0. The van der Waals surface area contributed by atoms with Crippen molar-refractivity contribution in [2.24, 2.45) is 0 Å². The van der Waals surface area contributed by atoms with E-state index >= 15 is 0 Å². The van der Waals surface area contributed by atoms with E-state index in [0.717, 1.165) is 27.0 Å². The van der Waals surface area contributed by atoms with Crippen LogP contribution in [0.15, 0.2) is 40.9 Å². The Bertz CT molecular complexity index is 817. The Morgan fingerprint density at radius 2 is 2.05 bits per heavy atom. The molecule has 0 N–H and O–H groups in total. The summed E-state index contributed by atoms with van der Waals surface area (Å²) in [4.78, 5) is 4.58. The summed E-state index contributed by atoms with van der Waals surface area (Å²) in [5.41, 5.74) is 2.64. The zero-order valence-electron chi connectivity index (χ0n) is 11.1. The molecule has 0 fully saturated rings. The maximum atomic E-state index is 6.13. The zero-order valence-corrected chi connectivity index (χ0v) is 14.2. The van der Waals surface area contributed by atoms with Crippen LogP contribution in [0, 0.1) is 0 Å². The largest absolute Gasteiger partial charge is 0.495 e. The number of nitrogens with zero attached hydrogens (tertiary/aromatic N) is 2. The maximum absolute atomic E-state index is 6.13. The molecule has 2 aromatic carbocycles. The van der Waals surface area contributed by atoms with Crippen LogP contribution in [0.5, 0.6) is 5.75 Å². The fourth-order valence-electron chi connectivity index (χ4n) is 2.30. The third kappa shape index (κ3) is 2.63. The summed E-state index contributed by atoms with van der Waals surface area (Å²) in [5.74, 6) is 1.75. The number of alkyl halides is 1. The lowest BCUT2D eigenvalue weighted by atomic mass is 10.2. The molecule has 0 unspecified atom stereocenters. The molecule has 1 aromatic heterocycles. The Hall–Kier alpha value is -1.23. The Kier molecular flexibility index (Phi) is 4.11. The van der Waals surface area contributed by atoms with E-state index < -0.39 is 0 Å². The van der Waals surface area contributed by atoms with Crippen LogP contribution in [0.25, 0.3) is 16.7 Å². The molecular formula is C15H11BrCl2N2O. The number of ether oxygens (including phenoxy) is 1. The fourth-order valence-corrected chi connectivity index (χ4v) is 2.99. The molecule has 0 amide bonds. The second kappa shape index (κ2) is 5.87. The van der Waals surface area contributed by atoms with Gasteiger partial charge in [-0.2, -0.15) is 0 Å². The SMILES string of the molecule is COc1ccc(Cl)cc1-n1c(CCl)nc2cc(Br)ccc21. The molecule has 0 aliphatic carbocycles. The first-order valence-corrected chi connectivity index (χ1v) is 7.91. The van der Waals surface area contributed by atoms with Gasteiger partial charge < -0.3 is 4.74 Å². The molecule has 21 heavy (non-hydrogen) atoms. The Balaban J connectivity index is 2.36. The molecular weight excluding hydrogens is 375 g/mol. The lowest BCUT2D eigenvalue weighted by Crippen LogP contribution is -2.02. The van der Waals surface area contributed by atoms with Gasteiger partial charge in [0.2, 0.25) is 0 Å². The monoisotopic (exact) mass is 384 g/mol. The molecule has 6 heteroatoms. The minimum Gasteiger partial charge on any atom is -0.495 e. The van der Waals surface area contributed by atoms with Crippen LogP contribution in [0.2, 0.25) is 5.02 Å². The van der Waals surface area contributed by atoms with Crippen LogP contribution in [0.3, 0.4) is 0 Å². The second-order valence-corrected chi connectivity index (χ2v) is 6.07. The van der Waals surface area contributed by atoms with Crippen molar-refractivity contribution in [2.45, 2.75) is 5.88 Å². The van der Waals surface area contributed by atoms with Crippen LogP contribution in [0.1, 0.15) is 5.82 Å². The average molecular weight is 386 g/mol. The van der Waals surface area contributed by atoms with Crippen molar-refractivity contribution in [1.29, 1.82) is 0 Å². The third-order valence-corrected chi connectivity index (χ3v) is 4.15. The first kappa shape index (κ1) is 14.7. The van der Waals surface area contributed by atoms with E-state index in [0.29, 0.717) is 16.7 Å². The number of methoxy groups -OCH3 is 1. The van der Waals surface area contributed by atoms with E-state index in [-0.39, 0.29) is 0 Å². The summed E-state index contributed by atoms with van der Waals surface area (Å²) in [6, 6.07) is 11.4. The van der Waals surface area contributed by atoms with Gasteiger partial charge in [-0.15, -0.1) is 11.6 Å². The Morgan fingerprint density at radius 3 is 2.76 bits per heavy atom. The first-order valence-electron chi connectivity index (χ1n) is 6.21. The van der Waals surface area contributed by atoms with Crippen LogP contribution >= 0.6 is 39.1 Å². The number of halogens is 3. The van der Waals surface area contributed by atoms with Crippen LogP contribution in [-0.4, -0.2) is 16.7 Å². The second-order valence-electron chi connectivity index (χ2n) is 4.45. The topological polar surface area (TPSA) is 27.1 Å². The molecule has 0 radical (unpaired) electrons. The molecule has 3 rings (SSSR count). The van der Waals surface area contributed by atoms with Crippen molar-refractivity contribution in [3.63, 3.8) is 0 Å². The quantitative estimate of drug-likeness (QED) is 0.580. The molecule has 3 nitrogen and oxygen atoms in total. The van der Waals surface area contributed by atoms with Crippen molar-refractivity contribution in [3.05, 3.63) is 51.7 Å². The standard InChI is InChI=1S/C15H11BrCl2N2O/c1-21-14-5-3-10(18)7-13(14)20-12-4-2-9(16)6-11(12)19-15(20)8-17/h2-7H,8H2,1H3. The number of imidazole rings is 1. The molecule has 108 valence electrons. The lowest BCUT2D eigenvalue weighted by Gasteiger charge is -2.13. The van der Waals surface area contributed by atoms with E-state index in [1.165, 1.54) is 0 Å². The zero-order chi connectivity index (χ0) is 15.0. The summed E-state index contributed by atoms with van der Waals surface area (Å²) in [6.07, 6.45) is 0. The molecule has 0 saturated heterocycles. The van der Waals surface area contributed by atoms with E-state index in [4.69, 9.17) is 27.9 Å². The molecule has 3 aromatic rings. The van der Waals surface area contributed by atoms with Gasteiger partial charge in [0, 0.05) is 9.50 Å². The van der Waals surface area contributed by atoms with E-state index in [1.54, 1.807) is 13.2 Å². The van der Waals surface area contributed by atoms with Crippen molar-refractivity contribution in [2.75, 3.05) is 7.11 Å². The molecule has 0 aliphatic rings. The van der Waals surface area contributed by atoms with E-state index in [2.05, 4.69) is 20.9 Å². The minimum absolute atomic E-state index is 0.294. The summed E-state index contributed by atoms with van der Waals surface area (Å²) in [5, 5.41) is 0.630. The molecule has 0 atom stereocenters. The van der Waals surface area contributed by atoms with Gasteiger partial charge in [0.15, 0.2) is 0 Å². The van der Waals surface area contributed by atoms with Gasteiger partial charge in [0.05, 0.1) is 29.7 Å². The van der Waals surface area contributed by atoms with Crippen LogP contribution in [0.4, 0.5) is 0 Å². The summed E-state index contributed by atoms with van der Waals surface area (Å²) >= 11 is 15.6. The van der Waals surface area contributed by atoms with Gasteiger partial charge in [-0.3, -0.25) is 4.57 Å². The highest BCUT2D eigenvalue weighted by atomic mass is 79.9. The lowest BCUT2D eigenvalue weighted by molar-refractivity contribution is 0.413. The Labute approximate surface area is 140 Å². The fraction of sp³-hybridized carbons (Fsp3) is 0.133. The minimum atomic E-state index is 0.294. The molecule has 0 bridgehead atoms. The Morgan fingerprint density at radius 1 is 1.24 bits per heavy atom.